The van der Waals surface area contributed by atoms with Gasteiger partial charge in [0.15, 0.2) is 0 Å². The summed E-state index contributed by atoms with van der Waals surface area (Å²) in [5.74, 6) is 0.804. The fourth-order valence-electron chi connectivity index (χ4n) is 1.99. The second kappa shape index (κ2) is 5.66. The van der Waals surface area contributed by atoms with Gasteiger partial charge in [0.2, 0.25) is 10.0 Å². The number of sulfonamides is 1. The van der Waals surface area contributed by atoms with E-state index in [9.17, 15) is 8.42 Å². The topological polar surface area (TPSA) is 71.3 Å². The Balaban J connectivity index is 1.80. The van der Waals surface area contributed by atoms with E-state index in [1.54, 1.807) is 12.3 Å². The minimum absolute atomic E-state index is 0.250. The molecule has 0 aliphatic carbocycles. The van der Waals surface area contributed by atoms with Crippen molar-refractivity contribution < 1.29 is 12.8 Å². The van der Waals surface area contributed by atoms with E-state index >= 15 is 0 Å². The quantitative estimate of drug-likeness (QED) is 0.806. The molecule has 0 radical (unpaired) electrons. The minimum atomic E-state index is -3.17. The van der Waals surface area contributed by atoms with Crippen molar-refractivity contribution in [2.24, 2.45) is 0 Å². The van der Waals surface area contributed by atoms with E-state index in [2.05, 4.69) is 10.0 Å². The Morgan fingerprint density at radius 1 is 1.41 bits per heavy atom. The first-order valence-corrected chi connectivity index (χ1v) is 7.45. The number of hydrogen-bond acceptors (Lipinski definition) is 4. The highest BCUT2D eigenvalue weighted by Gasteiger charge is 2.26. The maximum Gasteiger partial charge on any atom is 0.214 e. The Hall–Kier alpha value is -0.850. The van der Waals surface area contributed by atoms with Gasteiger partial charge in [0.05, 0.1) is 11.5 Å². The summed E-state index contributed by atoms with van der Waals surface area (Å²) < 4.78 is 31.7. The maximum absolute atomic E-state index is 11.9. The van der Waals surface area contributed by atoms with Crippen LogP contribution in [0.1, 0.15) is 18.6 Å². The van der Waals surface area contributed by atoms with Gasteiger partial charge in [0.25, 0.3) is 0 Å². The molecule has 0 unspecified atom stereocenters. The largest absolute Gasteiger partial charge is 0.469 e. The van der Waals surface area contributed by atoms with Crippen molar-refractivity contribution in [3.63, 3.8) is 0 Å². The van der Waals surface area contributed by atoms with Crippen molar-refractivity contribution >= 4 is 10.0 Å². The van der Waals surface area contributed by atoms with Gasteiger partial charge in [-0.1, -0.05) is 0 Å². The van der Waals surface area contributed by atoms with Crippen LogP contribution >= 0.6 is 0 Å². The molecule has 0 spiro atoms. The first-order valence-electron chi connectivity index (χ1n) is 5.90. The molecule has 1 saturated heterocycles. The van der Waals surface area contributed by atoms with Gasteiger partial charge < -0.3 is 9.73 Å². The molecule has 1 aromatic rings. The van der Waals surface area contributed by atoms with Gasteiger partial charge in [-0.15, -0.1) is 0 Å². The highest BCUT2D eigenvalue weighted by Crippen LogP contribution is 2.11. The van der Waals surface area contributed by atoms with Gasteiger partial charge in [0.1, 0.15) is 5.76 Å². The molecular weight excluding hydrogens is 240 g/mol. The Kier molecular flexibility index (Phi) is 4.20. The van der Waals surface area contributed by atoms with E-state index in [4.69, 9.17) is 4.42 Å². The molecule has 1 aromatic heterocycles. The first kappa shape index (κ1) is 12.6. The Morgan fingerprint density at radius 3 is 2.82 bits per heavy atom. The molecule has 1 aliphatic rings. The summed E-state index contributed by atoms with van der Waals surface area (Å²) in [4.78, 5) is 0. The van der Waals surface area contributed by atoms with Crippen LogP contribution in [-0.2, 0) is 16.4 Å². The predicted molar refractivity (Wildman–Crippen MR) is 65.2 cm³/mol. The molecule has 6 heteroatoms. The Bertz CT molecular complexity index is 422. The molecule has 17 heavy (non-hydrogen) atoms. The lowest BCUT2D eigenvalue weighted by molar-refractivity contribution is 0.484. The summed E-state index contributed by atoms with van der Waals surface area (Å²) in [5, 5.41) is 2.91. The molecule has 1 fully saturated rings. The summed E-state index contributed by atoms with van der Waals surface area (Å²) >= 11 is 0. The fourth-order valence-corrected chi connectivity index (χ4v) is 3.47. The highest BCUT2D eigenvalue weighted by molar-refractivity contribution is 7.90. The molecule has 0 saturated carbocycles. The lowest BCUT2D eigenvalue weighted by atomic mass is 10.2. The second-order valence-electron chi connectivity index (χ2n) is 4.22. The molecular formula is C11H18N2O3S. The van der Waals surface area contributed by atoms with Gasteiger partial charge in [-0.3, -0.25) is 0 Å². The molecule has 1 aliphatic heterocycles. The van der Waals surface area contributed by atoms with Crippen LogP contribution < -0.4 is 10.0 Å². The van der Waals surface area contributed by atoms with Crippen LogP contribution in [0.25, 0.3) is 0 Å². The third kappa shape index (κ3) is 3.55. The van der Waals surface area contributed by atoms with Crippen molar-refractivity contribution in [2.45, 2.75) is 24.5 Å². The summed E-state index contributed by atoms with van der Waals surface area (Å²) in [6.45, 7) is 1.97. The highest BCUT2D eigenvalue weighted by atomic mass is 32.2. The molecule has 0 amide bonds. The molecule has 2 N–H and O–H groups in total. The van der Waals surface area contributed by atoms with Crippen LogP contribution in [0.4, 0.5) is 0 Å². The molecule has 0 atom stereocenters. The number of piperidine rings is 1. The summed E-state index contributed by atoms with van der Waals surface area (Å²) in [6, 6.07) is 3.65. The number of rotatable bonds is 5. The molecule has 2 rings (SSSR count). The van der Waals surface area contributed by atoms with E-state index in [1.165, 1.54) is 0 Å². The van der Waals surface area contributed by atoms with Crippen molar-refractivity contribution in [1.82, 2.24) is 10.0 Å². The normalized spacial score (nSPS) is 18.4. The average Bonchev–Trinajstić information content (AvgIpc) is 2.83. The molecule has 96 valence electrons. The zero-order valence-corrected chi connectivity index (χ0v) is 10.5. The van der Waals surface area contributed by atoms with Gasteiger partial charge in [-0.2, -0.15) is 0 Å². The van der Waals surface area contributed by atoms with Crippen molar-refractivity contribution in [1.29, 1.82) is 0 Å². The van der Waals surface area contributed by atoms with Crippen molar-refractivity contribution in [3.8, 4) is 0 Å². The summed E-state index contributed by atoms with van der Waals surface area (Å²) in [6.07, 6.45) is 3.57. The van der Waals surface area contributed by atoms with Gasteiger partial charge in [-0.05, 0) is 38.1 Å². The second-order valence-corrected chi connectivity index (χ2v) is 6.26. The van der Waals surface area contributed by atoms with Gasteiger partial charge in [-0.25, -0.2) is 13.1 Å². The SMILES string of the molecule is O=S(=O)(NCCc1ccco1)C1CCNCC1. The molecule has 2 heterocycles. The van der Waals surface area contributed by atoms with Crippen LogP contribution in [0.3, 0.4) is 0 Å². The predicted octanol–water partition coefficient (Wildman–Crippen LogP) is 0.493. The third-order valence-electron chi connectivity index (χ3n) is 2.98. The van der Waals surface area contributed by atoms with Crippen molar-refractivity contribution in [2.75, 3.05) is 19.6 Å². The fraction of sp³-hybridized carbons (Fsp3) is 0.636. The third-order valence-corrected chi connectivity index (χ3v) is 4.94. The average molecular weight is 258 g/mol. The van der Waals surface area contributed by atoms with E-state index < -0.39 is 10.0 Å². The standard InChI is InChI=1S/C11H18N2O3S/c14-17(15,11-4-6-12-7-5-11)13-8-3-10-2-1-9-16-10/h1-2,9,11-13H,3-8H2. The number of nitrogens with one attached hydrogen (secondary N) is 2. The Labute approximate surface area is 102 Å². The summed E-state index contributed by atoms with van der Waals surface area (Å²) in [7, 11) is -3.17. The van der Waals surface area contributed by atoms with E-state index in [1.807, 2.05) is 6.07 Å². The smallest absolute Gasteiger partial charge is 0.214 e. The van der Waals surface area contributed by atoms with Crippen LogP contribution in [0.5, 0.6) is 0 Å². The maximum atomic E-state index is 11.9. The number of furan rings is 1. The Morgan fingerprint density at radius 2 is 2.18 bits per heavy atom. The monoisotopic (exact) mass is 258 g/mol. The van der Waals surface area contributed by atoms with E-state index in [0.717, 1.165) is 18.8 Å². The van der Waals surface area contributed by atoms with Gasteiger partial charge >= 0.3 is 0 Å². The zero-order valence-electron chi connectivity index (χ0n) is 9.69. The van der Waals surface area contributed by atoms with Crippen molar-refractivity contribution in [3.05, 3.63) is 24.2 Å². The molecule has 0 bridgehead atoms. The van der Waals surface area contributed by atoms with Crippen LogP contribution in [-0.4, -0.2) is 33.3 Å². The zero-order chi connectivity index (χ0) is 12.1. The van der Waals surface area contributed by atoms with Crippen LogP contribution in [0.15, 0.2) is 22.8 Å². The summed E-state index contributed by atoms with van der Waals surface area (Å²) in [5.41, 5.74) is 0. The number of hydrogen-bond donors (Lipinski definition) is 2. The van der Waals surface area contributed by atoms with Crippen LogP contribution in [0, 0.1) is 0 Å². The van der Waals surface area contributed by atoms with E-state index in [0.29, 0.717) is 25.8 Å². The lowest BCUT2D eigenvalue weighted by Crippen LogP contribution is -2.42. The molecule has 5 nitrogen and oxygen atoms in total. The van der Waals surface area contributed by atoms with E-state index in [-0.39, 0.29) is 5.25 Å². The first-order chi connectivity index (χ1) is 8.18. The molecule has 0 aromatic carbocycles. The van der Waals surface area contributed by atoms with Gasteiger partial charge in [0, 0.05) is 13.0 Å². The lowest BCUT2D eigenvalue weighted by Gasteiger charge is -2.22. The van der Waals surface area contributed by atoms with Crippen LogP contribution in [0.2, 0.25) is 0 Å². The minimum Gasteiger partial charge on any atom is -0.469 e.